The Bertz CT molecular complexity index is 762. The first kappa shape index (κ1) is 15.4. The number of rotatable bonds is 3. The molecule has 0 spiro atoms. The van der Waals surface area contributed by atoms with Crippen molar-refractivity contribution in [2.45, 2.75) is 6.04 Å². The Morgan fingerprint density at radius 1 is 1.30 bits per heavy atom. The number of fused-ring (bicyclic) bond motifs is 1. The van der Waals surface area contributed by atoms with Crippen molar-refractivity contribution >= 4 is 35.2 Å². The van der Waals surface area contributed by atoms with Crippen molar-refractivity contribution in [3.63, 3.8) is 0 Å². The molecule has 1 aliphatic heterocycles. The second kappa shape index (κ2) is 6.30. The highest BCUT2D eigenvalue weighted by Gasteiger charge is 2.30. The SMILES string of the molecule is COC(=O)c1ccc2c(c1)N(c1ccccc1Cl)C(C=O)CO2. The number of nitrogens with zero attached hydrogens (tertiary/aromatic N) is 1. The third kappa shape index (κ3) is 2.75. The maximum atomic E-state index is 11.8. The van der Waals surface area contributed by atoms with E-state index in [2.05, 4.69) is 0 Å². The van der Waals surface area contributed by atoms with E-state index in [1.165, 1.54) is 7.11 Å². The highest BCUT2D eigenvalue weighted by molar-refractivity contribution is 6.33. The number of hydrogen-bond donors (Lipinski definition) is 0. The molecular formula is C17H14ClNO4. The Labute approximate surface area is 138 Å². The molecule has 3 rings (SSSR count). The van der Waals surface area contributed by atoms with Crippen LogP contribution in [0, 0.1) is 0 Å². The number of methoxy groups -OCH3 is 1. The number of halogens is 1. The van der Waals surface area contributed by atoms with Crippen molar-refractivity contribution in [2.24, 2.45) is 0 Å². The minimum Gasteiger partial charge on any atom is -0.489 e. The highest BCUT2D eigenvalue weighted by atomic mass is 35.5. The van der Waals surface area contributed by atoms with Crippen molar-refractivity contribution in [2.75, 3.05) is 18.6 Å². The summed E-state index contributed by atoms with van der Waals surface area (Å²) in [5, 5.41) is 0.510. The van der Waals surface area contributed by atoms with Crippen molar-refractivity contribution in [1.82, 2.24) is 0 Å². The van der Waals surface area contributed by atoms with Crippen LogP contribution in [0.1, 0.15) is 10.4 Å². The maximum absolute atomic E-state index is 11.8. The van der Waals surface area contributed by atoms with Gasteiger partial charge in [0.25, 0.3) is 0 Å². The standard InChI is InChI=1S/C17H14ClNO4/c1-22-17(21)11-6-7-16-15(8-11)19(12(9-20)10-23-16)14-5-3-2-4-13(14)18/h2-9,12H,10H2,1H3. The van der Waals surface area contributed by atoms with E-state index >= 15 is 0 Å². The first-order chi connectivity index (χ1) is 11.2. The molecule has 1 heterocycles. The number of carbonyl (C=O) groups is 2. The van der Waals surface area contributed by atoms with E-state index in [1.54, 1.807) is 29.2 Å². The minimum absolute atomic E-state index is 0.208. The summed E-state index contributed by atoms with van der Waals surface area (Å²) in [7, 11) is 1.32. The highest BCUT2D eigenvalue weighted by Crippen LogP contribution is 2.41. The number of para-hydroxylation sites is 1. The second-order valence-electron chi connectivity index (χ2n) is 5.01. The number of ether oxygens (including phenoxy) is 2. The molecule has 118 valence electrons. The first-order valence-electron chi connectivity index (χ1n) is 7.00. The van der Waals surface area contributed by atoms with Gasteiger partial charge in [0.1, 0.15) is 24.7 Å². The van der Waals surface area contributed by atoms with Gasteiger partial charge in [-0.15, -0.1) is 0 Å². The predicted molar refractivity (Wildman–Crippen MR) is 86.7 cm³/mol. The van der Waals surface area contributed by atoms with Gasteiger partial charge in [-0.05, 0) is 30.3 Å². The fourth-order valence-corrected chi connectivity index (χ4v) is 2.78. The summed E-state index contributed by atoms with van der Waals surface area (Å²) in [5.41, 5.74) is 1.65. The molecule has 0 fully saturated rings. The molecule has 0 saturated carbocycles. The number of esters is 1. The number of benzene rings is 2. The molecule has 0 bridgehead atoms. The van der Waals surface area contributed by atoms with Crippen LogP contribution >= 0.6 is 11.6 Å². The van der Waals surface area contributed by atoms with E-state index in [9.17, 15) is 9.59 Å². The Balaban J connectivity index is 2.16. The lowest BCUT2D eigenvalue weighted by Crippen LogP contribution is -2.41. The van der Waals surface area contributed by atoms with Crippen LogP contribution in [0.4, 0.5) is 11.4 Å². The number of aldehydes is 1. The Hall–Kier alpha value is -2.53. The number of hydrogen-bond acceptors (Lipinski definition) is 5. The van der Waals surface area contributed by atoms with Crippen LogP contribution in [0.3, 0.4) is 0 Å². The Kier molecular flexibility index (Phi) is 4.21. The molecule has 6 heteroatoms. The number of carbonyl (C=O) groups excluding carboxylic acids is 2. The molecule has 5 nitrogen and oxygen atoms in total. The van der Waals surface area contributed by atoms with Gasteiger partial charge in [-0.25, -0.2) is 4.79 Å². The molecule has 23 heavy (non-hydrogen) atoms. The van der Waals surface area contributed by atoms with Crippen LogP contribution in [-0.2, 0) is 9.53 Å². The molecule has 2 aromatic carbocycles. The third-order valence-corrected chi connectivity index (χ3v) is 3.97. The molecule has 2 aromatic rings. The summed E-state index contributed by atoms with van der Waals surface area (Å²) in [6, 6.07) is 11.6. The van der Waals surface area contributed by atoms with Crippen LogP contribution in [-0.4, -0.2) is 32.0 Å². The van der Waals surface area contributed by atoms with Gasteiger partial charge in [0.15, 0.2) is 0 Å². The van der Waals surface area contributed by atoms with Gasteiger partial charge in [-0.3, -0.25) is 0 Å². The maximum Gasteiger partial charge on any atom is 0.337 e. The van der Waals surface area contributed by atoms with Crippen molar-refractivity contribution < 1.29 is 19.1 Å². The van der Waals surface area contributed by atoms with Crippen molar-refractivity contribution in [3.05, 3.63) is 53.1 Å². The lowest BCUT2D eigenvalue weighted by atomic mass is 10.1. The third-order valence-electron chi connectivity index (χ3n) is 3.65. The normalized spacial score (nSPS) is 16.3. The van der Waals surface area contributed by atoms with E-state index in [0.717, 1.165) is 6.29 Å². The quantitative estimate of drug-likeness (QED) is 0.638. The van der Waals surface area contributed by atoms with Crippen LogP contribution in [0.25, 0.3) is 0 Å². The van der Waals surface area contributed by atoms with Gasteiger partial charge in [0.2, 0.25) is 0 Å². The van der Waals surface area contributed by atoms with Crippen molar-refractivity contribution in [1.29, 1.82) is 0 Å². The molecule has 0 amide bonds. The minimum atomic E-state index is -0.532. The molecule has 0 saturated heterocycles. The summed E-state index contributed by atoms with van der Waals surface area (Å²) < 4.78 is 10.4. The zero-order valence-corrected chi connectivity index (χ0v) is 13.1. The predicted octanol–water partition coefficient (Wildman–Crippen LogP) is 3.22. The molecule has 0 N–H and O–H groups in total. The second-order valence-corrected chi connectivity index (χ2v) is 5.42. The fourth-order valence-electron chi connectivity index (χ4n) is 2.56. The zero-order chi connectivity index (χ0) is 16.4. The summed E-state index contributed by atoms with van der Waals surface area (Å²) in [6.07, 6.45) is 0.803. The van der Waals surface area contributed by atoms with Crippen LogP contribution in [0.15, 0.2) is 42.5 Å². The molecular weight excluding hydrogens is 318 g/mol. The molecule has 0 aliphatic carbocycles. The van der Waals surface area contributed by atoms with Crippen LogP contribution in [0.5, 0.6) is 5.75 Å². The molecule has 1 aliphatic rings. The van der Waals surface area contributed by atoms with E-state index < -0.39 is 12.0 Å². The lowest BCUT2D eigenvalue weighted by molar-refractivity contribution is -0.109. The summed E-state index contributed by atoms with van der Waals surface area (Å²) >= 11 is 6.29. The summed E-state index contributed by atoms with van der Waals surface area (Å²) in [5.74, 6) is 0.121. The summed E-state index contributed by atoms with van der Waals surface area (Å²) in [4.78, 5) is 25.0. The Morgan fingerprint density at radius 3 is 2.78 bits per heavy atom. The van der Waals surface area contributed by atoms with E-state index in [1.807, 2.05) is 18.2 Å². The monoisotopic (exact) mass is 331 g/mol. The zero-order valence-electron chi connectivity index (χ0n) is 12.4. The van der Waals surface area contributed by atoms with Gasteiger partial charge in [-0.1, -0.05) is 23.7 Å². The topological polar surface area (TPSA) is 55.8 Å². The van der Waals surface area contributed by atoms with Crippen molar-refractivity contribution in [3.8, 4) is 5.75 Å². The molecule has 1 atom stereocenters. The van der Waals surface area contributed by atoms with E-state index in [-0.39, 0.29) is 6.61 Å². The first-order valence-corrected chi connectivity index (χ1v) is 7.37. The van der Waals surface area contributed by atoms with Gasteiger partial charge < -0.3 is 19.2 Å². The molecule has 0 radical (unpaired) electrons. The van der Waals surface area contributed by atoms with Gasteiger partial charge >= 0.3 is 5.97 Å². The average molecular weight is 332 g/mol. The average Bonchev–Trinajstić information content (AvgIpc) is 2.60. The lowest BCUT2D eigenvalue weighted by Gasteiger charge is -2.36. The smallest absolute Gasteiger partial charge is 0.337 e. The van der Waals surface area contributed by atoms with Gasteiger partial charge in [-0.2, -0.15) is 0 Å². The molecule has 0 aromatic heterocycles. The molecule has 1 unspecified atom stereocenters. The van der Waals surface area contributed by atoms with E-state index in [0.29, 0.717) is 27.7 Å². The Morgan fingerprint density at radius 2 is 2.09 bits per heavy atom. The van der Waals surface area contributed by atoms with E-state index in [4.69, 9.17) is 21.1 Å². The largest absolute Gasteiger partial charge is 0.489 e. The van der Waals surface area contributed by atoms with Gasteiger partial charge in [0.05, 0.1) is 29.1 Å². The summed E-state index contributed by atoms with van der Waals surface area (Å²) in [6.45, 7) is 0.208. The number of anilines is 2. The fraction of sp³-hybridized carbons (Fsp3) is 0.176. The van der Waals surface area contributed by atoms with Crippen LogP contribution < -0.4 is 9.64 Å². The van der Waals surface area contributed by atoms with Gasteiger partial charge in [0, 0.05) is 0 Å². The van der Waals surface area contributed by atoms with Crippen LogP contribution in [0.2, 0.25) is 5.02 Å².